The van der Waals surface area contributed by atoms with Gasteiger partial charge in [-0.3, -0.25) is 9.10 Å². The Morgan fingerprint density at radius 1 is 0.971 bits per heavy atom. The lowest BCUT2D eigenvalue weighted by Crippen LogP contribution is -2.30. The summed E-state index contributed by atoms with van der Waals surface area (Å²) in [7, 11) is 1.53. The molecular formula is C26H29N3O4S. The molecule has 3 rings (SSSR count). The number of para-hydroxylation sites is 1. The molecule has 0 fully saturated rings. The number of sulfonamides is 1. The van der Waals surface area contributed by atoms with Gasteiger partial charge < -0.3 is 15.0 Å². The first-order chi connectivity index (χ1) is 16.3. The van der Waals surface area contributed by atoms with Gasteiger partial charge in [0.25, 0.3) is 10.0 Å². The summed E-state index contributed by atoms with van der Waals surface area (Å²) in [5, 5.41) is 2.73. The molecule has 0 bridgehead atoms. The molecule has 1 amide bonds. The summed E-state index contributed by atoms with van der Waals surface area (Å²) in [5.41, 5.74) is 2.76. The molecule has 0 unspecified atom stereocenters. The fourth-order valence-electron chi connectivity index (χ4n) is 3.39. The topological polar surface area (TPSA) is 79.0 Å². The summed E-state index contributed by atoms with van der Waals surface area (Å²) in [6.45, 7) is 2.03. The van der Waals surface area contributed by atoms with Crippen LogP contribution in [0.2, 0.25) is 0 Å². The van der Waals surface area contributed by atoms with Crippen molar-refractivity contribution in [2.75, 3.05) is 42.3 Å². The monoisotopic (exact) mass is 479 g/mol. The van der Waals surface area contributed by atoms with E-state index < -0.39 is 15.9 Å². The number of rotatable bonds is 9. The van der Waals surface area contributed by atoms with Crippen LogP contribution in [0.5, 0.6) is 5.75 Å². The van der Waals surface area contributed by atoms with Gasteiger partial charge in [0.1, 0.15) is 5.75 Å². The van der Waals surface area contributed by atoms with Gasteiger partial charge in [0.15, 0.2) is 0 Å². The van der Waals surface area contributed by atoms with E-state index in [4.69, 9.17) is 4.74 Å². The quantitative estimate of drug-likeness (QED) is 0.453. The molecule has 7 nitrogen and oxygen atoms in total. The number of amides is 1. The Labute approximate surface area is 201 Å². The minimum Gasteiger partial charge on any atom is -0.495 e. The fourth-order valence-corrected chi connectivity index (χ4v) is 4.89. The van der Waals surface area contributed by atoms with Crippen LogP contribution in [-0.2, 0) is 14.8 Å². The third-order valence-electron chi connectivity index (χ3n) is 5.18. The van der Waals surface area contributed by atoms with Crippen molar-refractivity contribution in [3.63, 3.8) is 0 Å². The van der Waals surface area contributed by atoms with Gasteiger partial charge in [0.05, 0.1) is 23.4 Å². The van der Waals surface area contributed by atoms with Crippen LogP contribution in [-0.4, -0.2) is 42.1 Å². The maximum atomic E-state index is 13.3. The van der Waals surface area contributed by atoms with Crippen LogP contribution in [0.3, 0.4) is 0 Å². The minimum atomic E-state index is -3.85. The molecule has 0 aliphatic carbocycles. The summed E-state index contributed by atoms with van der Waals surface area (Å²) in [4.78, 5) is 14.6. The first-order valence-corrected chi connectivity index (χ1v) is 12.2. The molecule has 178 valence electrons. The van der Waals surface area contributed by atoms with Gasteiger partial charge in [-0.05, 0) is 61.0 Å². The van der Waals surface area contributed by atoms with Crippen LogP contribution >= 0.6 is 0 Å². The average molecular weight is 480 g/mol. The molecule has 3 aromatic carbocycles. The zero-order valence-electron chi connectivity index (χ0n) is 19.7. The lowest BCUT2D eigenvalue weighted by Gasteiger charge is -2.23. The molecule has 8 heteroatoms. The highest BCUT2D eigenvalue weighted by atomic mass is 32.2. The number of nitrogens with zero attached hydrogens (tertiary/aromatic N) is 2. The summed E-state index contributed by atoms with van der Waals surface area (Å²) in [6.07, 6.45) is 3.09. The molecule has 0 aromatic heterocycles. The van der Waals surface area contributed by atoms with Crippen molar-refractivity contribution in [1.82, 2.24) is 0 Å². The minimum absolute atomic E-state index is 0.0533. The molecule has 0 heterocycles. The van der Waals surface area contributed by atoms with E-state index in [1.807, 2.05) is 49.3 Å². The van der Waals surface area contributed by atoms with Gasteiger partial charge in [-0.25, -0.2) is 8.42 Å². The van der Waals surface area contributed by atoms with Crippen LogP contribution in [0.1, 0.15) is 12.5 Å². The Morgan fingerprint density at radius 3 is 2.24 bits per heavy atom. The maximum absolute atomic E-state index is 13.3. The molecule has 1 N–H and O–H groups in total. The summed E-state index contributed by atoms with van der Waals surface area (Å²) < 4.78 is 33.3. The van der Waals surface area contributed by atoms with Crippen LogP contribution < -0.4 is 19.3 Å². The number of nitrogens with one attached hydrogen (secondary N) is 1. The van der Waals surface area contributed by atoms with Crippen LogP contribution in [0.25, 0.3) is 6.08 Å². The molecule has 0 aliphatic rings. The highest BCUT2D eigenvalue weighted by Gasteiger charge is 2.25. The predicted molar refractivity (Wildman–Crippen MR) is 138 cm³/mol. The molecule has 0 atom stereocenters. The lowest BCUT2D eigenvalue weighted by atomic mass is 10.2. The van der Waals surface area contributed by atoms with Crippen molar-refractivity contribution in [2.45, 2.75) is 11.8 Å². The lowest BCUT2D eigenvalue weighted by molar-refractivity contribution is -0.111. The van der Waals surface area contributed by atoms with Crippen molar-refractivity contribution in [2.24, 2.45) is 0 Å². The Bertz CT molecular complexity index is 1250. The van der Waals surface area contributed by atoms with Gasteiger partial charge in [-0.1, -0.05) is 30.3 Å². The average Bonchev–Trinajstić information content (AvgIpc) is 2.84. The van der Waals surface area contributed by atoms with E-state index in [0.717, 1.165) is 11.3 Å². The van der Waals surface area contributed by atoms with E-state index in [2.05, 4.69) is 5.32 Å². The van der Waals surface area contributed by atoms with Crippen molar-refractivity contribution in [3.8, 4) is 5.75 Å². The van der Waals surface area contributed by atoms with Crippen LogP contribution in [0.15, 0.2) is 83.8 Å². The molecule has 0 spiro atoms. The summed E-state index contributed by atoms with van der Waals surface area (Å²) in [5.74, 6) is -0.0428. The molecule has 0 aliphatic heterocycles. The number of methoxy groups -OCH3 is 1. The second kappa shape index (κ2) is 10.9. The number of hydrogen-bond acceptors (Lipinski definition) is 5. The number of ether oxygens (including phenoxy) is 1. The molecule has 34 heavy (non-hydrogen) atoms. The molecule has 0 saturated carbocycles. The van der Waals surface area contributed by atoms with E-state index in [0.29, 0.717) is 11.4 Å². The van der Waals surface area contributed by atoms with Crippen molar-refractivity contribution >= 4 is 39.1 Å². The van der Waals surface area contributed by atoms with Gasteiger partial charge in [-0.15, -0.1) is 0 Å². The number of carbonyl (C=O) groups excluding carboxylic acids is 1. The Kier molecular flexibility index (Phi) is 7.96. The second-order valence-corrected chi connectivity index (χ2v) is 9.54. The molecule has 0 radical (unpaired) electrons. The van der Waals surface area contributed by atoms with Crippen molar-refractivity contribution in [1.29, 1.82) is 0 Å². The van der Waals surface area contributed by atoms with E-state index in [-0.39, 0.29) is 17.1 Å². The number of carbonyl (C=O) groups is 1. The SMILES string of the molecule is CCN(c1ccccc1)S(=O)(=O)c1ccc(OC)c(NC(=O)/C=C/c2ccc(N(C)C)cc2)c1. The largest absolute Gasteiger partial charge is 0.495 e. The molecule has 3 aromatic rings. The van der Waals surface area contributed by atoms with E-state index in [1.54, 1.807) is 37.3 Å². The maximum Gasteiger partial charge on any atom is 0.264 e. The Balaban J connectivity index is 1.84. The fraction of sp³-hybridized carbons (Fsp3) is 0.192. The van der Waals surface area contributed by atoms with E-state index in [9.17, 15) is 13.2 Å². The third-order valence-corrected chi connectivity index (χ3v) is 7.08. The van der Waals surface area contributed by atoms with E-state index >= 15 is 0 Å². The Hall–Kier alpha value is -3.78. The molecular weight excluding hydrogens is 450 g/mol. The number of anilines is 3. The van der Waals surface area contributed by atoms with Crippen molar-refractivity contribution < 1.29 is 17.9 Å². The van der Waals surface area contributed by atoms with Crippen LogP contribution in [0.4, 0.5) is 17.1 Å². The number of hydrogen-bond donors (Lipinski definition) is 1. The first kappa shape index (κ1) is 24.9. The third kappa shape index (κ3) is 5.77. The smallest absolute Gasteiger partial charge is 0.264 e. The zero-order chi connectivity index (χ0) is 24.7. The predicted octanol–water partition coefficient (Wildman–Crippen LogP) is 4.63. The highest BCUT2D eigenvalue weighted by molar-refractivity contribution is 7.92. The number of benzene rings is 3. The van der Waals surface area contributed by atoms with Gasteiger partial charge in [-0.2, -0.15) is 0 Å². The normalized spacial score (nSPS) is 11.3. The first-order valence-electron chi connectivity index (χ1n) is 10.8. The zero-order valence-corrected chi connectivity index (χ0v) is 20.5. The summed E-state index contributed by atoms with van der Waals surface area (Å²) >= 11 is 0. The highest BCUT2D eigenvalue weighted by Crippen LogP contribution is 2.30. The summed E-state index contributed by atoms with van der Waals surface area (Å²) in [6, 6.07) is 21.0. The standard InChI is InChI=1S/C26H29N3O4S/c1-5-29(22-9-7-6-8-10-22)34(31,32)23-16-17-25(33-4)24(19-23)27-26(30)18-13-20-11-14-21(15-12-20)28(2)3/h6-19H,5H2,1-4H3,(H,27,30)/b18-13+. The van der Waals surface area contributed by atoms with Crippen molar-refractivity contribution in [3.05, 3.63) is 84.4 Å². The van der Waals surface area contributed by atoms with Gasteiger partial charge in [0.2, 0.25) is 5.91 Å². The van der Waals surface area contributed by atoms with Gasteiger partial charge >= 0.3 is 0 Å². The molecule has 0 saturated heterocycles. The van der Waals surface area contributed by atoms with Gasteiger partial charge in [0, 0.05) is 32.4 Å². The van der Waals surface area contributed by atoms with Crippen LogP contribution in [0, 0.1) is 0 Å². The Morgan fingerprint density at radius 2 is 1.65 bits per heavy atom. The second-order valence-electron chi connectivity index (χ2n) is 7.68. The van der Waals surface area contributed by atoms with E-state index in [1.165, 1.54) is 35.7 Å².